The number of rotatable bonds is 3. The minimum absolute atomic E-state index is 0. The Bertz CT molecular complexity index is 624. The van der Waals surface area contributed by atoms with E-state index in [9.17, 15) is 5.11 Å². The van der Waals surface area contributed by atoms with E-state index in [1.54, 1.807) is 12.1 Å². The maximum absolute atomic E-state index is 9.20. The number of aliphatic imine (C=N–C) groups is 1. The Morgan fingerprint density at radius 2 is 1.76 bits per heavy atom. The van der Waals surface area contributed by atoms with Crippen molar-refractivity contribution in [1.29, 1.82) is 0 Å². The number of nitrogens with zero attached hydrogens (tertiary/aromatic N) is 1. The molecule has 0 heterocycles. The van der Waals surface area contributed by atoms with Crippen LogP contribution < -0.4 is 11.1 Å². The van der Waals surface area contributed by atoms with Crippen LogP contribution in [0.5, 0.6) is 5.75 Å². The maximum Gasteiger partial charge on any atom is 0.193 e. The smallest absolute Gasteiger partial charge is 0.193 e. The van der Waals surface area contributed by atoms with Crippen LogP contribution >= 0.6 is 24.0 Å². The Balaban J connectivity index is 0.00000220. The van der Waals surface area contributed by atoms with E-state index < -0.39 is 0 Å². The summed E-state index contributed by atoms with van der Waals surface area (Å²) in [6, 6.07) is 13.0. The number of benzene rings is 2. The van der Waals surface area contributed by atoms with Gasteiger partial charge in [-0.15, -0.1) is 24.0 Å². The van der Waals surface area contributed by atoms with E-state index in [-0.39, 0.29) is 29.7 Å². The van der Waals surface area contributed by atoms with E-state index in [2.05, 4.69) is 24.2 Å². The van der Waals surface area contributed by atoms with Gasteiger partial charge >= 0.3 is 0 Å². The molecule has 5 heteroatoms. The highest BCUT2D eigenvalue weighted by molar-refractivity contribution is 14.0. The molecule has 112 valence electrons. The number of guanidine groups is 1. The number of nitrogens with one attached hydrogen (secondary N) is 1. The predicted octanol–water partition coefficient (Wildman–Crippen LogP) is 3.55. The molecule has 0 aliphatic carbocycles. The van der Waals surface area contributed by atoms with Gasteiger partial charge in [-0.1, -0.05) is 18.2 Å². The zero-order chi connectivity index (χ0) is 14.5. The Hall–Kier alpha value is -1.76. The van der Waals surface area contributed by atoms with Gasteiger partial charge < -0.3 is 16.2 Å². The predicted molar refractivity (Wildman–Crippen MR) is 98.4 cm³/mol. The molecular weight excluding hydrogens is 377 g/mol. The summed E-state index contributed by atoms with van der Waals surface area (Å²) in [5.41, 5.74) is 10.2. The van der Waals surface area contributed by atoms with Crippen LogP contribution in [-0.4, -0.2) is 11.1 Å². The molecule has 0 amide bonds. The first kappa shape index (κ1) is 17.3. The van der Waals surface area contributed by atoms with Crippen molar-refractivity contribution in [3.63, 3.8) is 0 Å². The number of anilines is 1. The first-order chi connectivity index (χ1) is 9.54. The largest absolute Gasteiger partial charge is 0.508 e. The van der Waals surface area contributed by atoms with Gasteiger partial charge in [0.25, 0.3) is 0 Å². The first-order valence-corrected chi connectivity index (χ1v) is 6.47. The molecule has 2 aromatic carbocycles. The topological polar surface area (TPSA) is 70.6 Å². The first-order valence-electron chi connectivity index (χ1n) is 6.47. The number of halogens is 1. The van der Waals surface area contributed by atoms with Crippen LogP contribution in [0.3, 0.4) is 0 Å². The lowest BCUT2D eigenvalue weighted by atomic mass is 10.1. The Morgan fingerprint density at radius 1 is 1.10 bits per heavy atom. The Kier molecular flexibility index (Phi) is 6.48. The average molecular weight is 397 g/mol. The van der Waals surface area contributed by atoms with Gasteiger partial charge in [-0.3, -0.25) is 0 Å². The van der Waals surface area contributed by atoms with Gasteiger partial charge in [-0.05, 0) is 54.8 Å². The zero-order valence-corrected chi connectivity index (χ0v) is 14.5. The van der Waals surface area contributed by atoms with Crippen molar-refractivity contribution in [2.24, 2.45) is 10.7 Å². The van der Waals surface area contributed by atoms with E-state index in [1.165, 1.54) is 11.1 Å². The monoisotopic (exact) mass is 397 g/mol. The lowest BCUT2D eigenvalue weighted by Gasteiger charge is -2.08. The lowest BCUT2D eigenvalue weighted by Crippen LogP contribution is -2.22. The summed E-state index contributed by atoms with van der Waals surface area (Å²) >= 11 is 0. The third-order valence-corrected chi connectivity index (χ3v) is 3.15. The van der Waals surface area contributed by atoms with Crippen LogP contribution in [0, 0.1) is 13.8 Å². The summed E-state index contributed by atoms with van der Waals surface area (Å²) in [6.07, 6.45) is 0. The third kappa shape index (κ3) is 5.26. The molecule has 2 rings (SSSR count). The van der Waals surface area contributed by atoms with Gasteiger partial charge in [0, 0.05) is 5.69 Å². The standard InChI is InChI=1S/C16H19N3O.HI/c1-11-3-6-14(9-12(11)2)19-16(17)18-10-13-4-7-15(20)8-5-13;/h3-9,20H,10H2,1-2H3,(H3,17,18,19);1H. The molecular formula is C16H20IN3O. The number of hydrogen-bond donors (Lipinski definition) is 3. The molecule has 0 bridgehead atoms. The number of phenolic OH excluding ortho intramolecular Hbond substituents is 1. The molecule has 4 N–H and O–H groups in total. The fourth-order valence-electron chi connectivity index (χ4n) is 1.78. The molecule has 0 aliphatic rings. The number of hydrogen-bond acceptors (Lipinski definition) is 2. The quantitative estimate of drug-likeness (QED) is 0.422. The van der Waals surface area contributed by atoms with Crippen molar-refractivity contribution in [2.45, 2.75) is 20.4 Å². The van der Waals surface area contributed by atoms with E-state index in [1.807, 2.05) is 30.3 Å². The highest BCUT2D eigenvalue weighted by Crippen LogP contribution is 2.14. The van der Waals surface area contributed by atoms with Crippen LogP contribution in [0.15, 0.2) is 47.5 Å². The van der Waals surface area contributed by atoms with Gasteiger partial charge in [0.15, 0.2) is 5.96 Å². The second-order valence-corrected chi connectivity index (χ2v) is 4.79. The summed E-state index contributed by atoms with van der Waals surface area (Å²) in [4.78, 5) is 4.27. The molecule has 0 fully saturated rings. The number of phenols is 1. The minimum atomic E-state index is 0. The number of aromatic hydroxyl groups is 1. The van der Waals surface area contributed by atoms with Crippen molar-refractivity contribution in [2.75, 3.05) is 5.32 Å². The van der Waals surface area contributed by atoms with Gasteiger partial charge in [0.2, 0.25) is 0 Å². The molecule has 2 aromatic rings. The van der Waals surface area contributed by atoms with Gasteiger partial charge in [0.1, 0.15) is 5.75 Å². The maximum atomic E-state index is 9.20. The molecule has 0 unspecified atom stereocenters. The van der Waals surface area contributed by atoms with Crippen molar-refractivity contribution in [3.05, 3.63) is 59.2 Å². The fraction of sp³-hybridized carbons (Fsp3) is 0.188. The molecule has 0 aliphatic heterocycles. The molecule has 0 spiro atoms. The highest BCUT2D eigenvalue weighted by Gasteiger charge is 1.98. The van der Waals surface area contributed by atoms with E-state index in [4.69, 9.17) is 5.73 Å². The van der Waals surface area contributed by atoms with Crippen molar-refractivity contribution < 1.29 is 5.11 Å². The summed E-state index contributed by atoms with van der Waals surface area (Å²) in [6.45, 7) is 4.61. The molecule has 0 saturated heterocycles. The molecule has 4 nitrogen and oxygen atoms in total. The molecule has 0 saturated carbocycles. The number of nitrogens with two attached hydrogens (primary N) is 1. The Labute approximate surface area is 142 Å². The van der Waals surface area contributed by atoms with Crippen molar-refractivity contribution in [1.82, 2.24) is 0 Å². The molecule has 21 heavy (non-hydrogen) atoms. The van der Waals surface area contributed by atoms with Crippen molar-refractivity contribution >= 4 is 35.6 Å². The van der Waals surface area contributed by atoms with E-state index >= 15 is 0 Å². The number of aryl methyl sites for hydroxylation is 2. The zero-order valence-electron chi connectivity index (χ0n) is 12.1. The Morgan fingerprint density at radius 3 is 2.38 bits per heavy atom. The molecule has 0 atom stereocenters. The van der Waals surface area contributed by atoms with Crippen LogP contribution in [-0.2, 0) is 6.54 Å². The third-order valence-electron chi connectivity index (χ3n) is 3.15. The average Bonchev–Trinajstić information content (AvgIpc) is 2.42. The summed E-state index contributed by atoms with van der Waals surface area (Å²) in [7, 11) is 0. The van der Waals surface area contributed by atoms with Gasteiger partial charge in [0.05, 0.1) is 6.54 Å². The summed E-state index contributed by atoms with van der Waals surface area (Å²) in [5, 5.41) is 12.3. The van der Waals surface area contributed by atoms with Gasteiger partial charge in [-0.25, -0.2) is 4.99 Å². The van der Waals surface area contributed by atoms with Crippen molar-refractivity contribution in [3.8, 4) is 5.75 Å². The minimum Gasteiger partial charge on any atom is -0.508 e. The van der Waals surface area contributed by atoms with Crippen LogP contribution in [0.1, 0.15) is 16.7 Å². The second kappa shape index (κ2) is 7.87. The van der Waals surface area contributed by atoms with Crippen LogP contribution in [0.4, 0.5) is 5.69 Å². The second-order valence-electron chi connectivity index (χ2n) is 4.79. The van der Waals surface area contributed by atoms with Gasteiger partial charge in [-0.2, -0.15) is 0 Å². The lowest BCUT2D eigenvalue weighted by molar-refractivity contribution is 0.475. The summed E-state index contributed by atoms with van der Waals surface area (Å²) in [5.74, 6) is 0.625. The summed E-state index contributed by atoms with van der Waals surface area (Å²) < 4.78 is 0. The van der Waals surface area contributed by atoms with Crippen LogP contribution in [0.25, 0.3) is 0 Å². The molecule has 0 radical (unpaired) electrons. The van der Waals surface area contributed by atoms with E-state index in [0.29, 0.717) is 12.5 Å². The fourth-order valence-corrected chi connectivity index (χ4v) is 1.78. The SMILES string of the molecule is Cc1ccc(NC(N)=NCc2ccc(O)cc2)cc1C.I. The molecule has 0 aromatic heterocycles. The normalized spacial score (nSPS) is 10.9. The highest BCUT2D eigenvalue weighted by atomic mass is 127. The van der Waals surface area contributed by atoms with Crippen LogP contribution in [0.2, 0.25) is 0 Å². The van der Waals surface area contributed by atoms with E-state index in [0.717, 1.165) is 11.3 Å².